The van der Waals surface area contributed by atoms with Gasteiger partial charge in [-0.25, -0.2) is 12.8 Å². The zero-order chi connectivity index (χ0) is 21.0. The standard InChI is InChI=1S/C22H21FN2O3S/c1-16-7-6-10-21(17(16)2)25(29(27,28)20-8-4-3-5-9-20)15-22(26)24-19-13-11-18(23)12-14-19/h3-14H,15H2,1-2H3,(H,24,26). The van der Waals surface area contributed by atoms with Gasteiger partial charge in [0, 0.05) is 5.69 Å². The van der Waals surface area contributed by atoms with Crippen LogP contribution in [-0.2, 0) is 14.8 Å². The molecule has 0 saturated heterocycles. The van der Waals surface area contributed by atoms with Crippen molar-refractivity contribution in [3.8, 4) is 0 Å². The minimum absolute atomic E-state index is 0.0930. The Morgan fingerprint density at radius 3 is 2.24 bits per heavy atom. The summed E-state index contributed by atoms with van der Waals surface area (Å²) in [6.07, 6.45) is 0. The van der Waals surface area contributed by atoms with E-state index in [-0.39, 0.29) is 4.90 Å². The molecule has 29 heavy (non-hydrogen) atoms. The van der Waals surface area contributed by atoms with Gasteiger partial charge in [0.2, 0.25) is 5.91 Å². The summed E-state index contributed by atoms with van der Waals surface area (Å²) < 4.78 is 40.8. The van der Waals surface area contributed by atoms with Gasteiger partial charge in [-0.1, -0.05) is 30.3 Å². The quantitative estimate of drug-likeness (QED) is 0.657. The molecule has 3 aromatic rings. The fraction of sp³-hybridized carbons (Fsp3) is 0.136. The van der Waals surface area contributed by atoms with Crippen LogP contribution < -0.4 is 9.62 Å². The van der Waals surface area contributed by atoms with Crippen molar-refractivity contribution in [1.82, 2.24) is 0 Å². The Morgan fingerprint density at radius 1 is 0.931 bits per heavy atom. The molecule has 0 atom stereocenters. The van der Waals surface area contributed by atoms with Crippen molar-refractivity contribution >= 4 is 27.3 Å². The summed E-state index contributed by atoms with van der Waals surface area (Å²) in [4.78, 5) is 12.7. The van der Waals surface area contributed by atoms with Gasteiger partial charge in [0.05, 0.1) is 10.6 Å². The number of nitrogens with zero attached hydrogens (tertiary/aromatic N) is 1. The van der Waals surface area contributed by atoms with Crippen LogP contribution in [0.15, 0.2) is 77.7 Å². The van der Waals surface area contributed by atoms with Gasteiger partial charge >= 0.3 is 0 Å². The van der Waals surface area contributed by atoms with E-state index in [2.05, 4.69) is 5.32 Å². The van der Waals surface area contributed by atoms with Crippen molar-refractivity contribution < 1.29 is 17.6 Å². The van der Waals surface area contributed by atoms with Crippen LogP contribution in [0.4, 0.5) is 15.8 Å². The van der Waals surface area contributed by atoms with Gasteiger partial charge < -0.3 is 5.32 Å². The maximum Gasteiger partial charge on any atom is 0.264 e. The van der Waals surface area contributed by atoms with E-state index in [0.717, 1.165) is 15.4 Å². The minimum Gasteiger partial charge on any atom is -0.325 e. The van der Waals surface area contributed by atoms with Gasteiger partial charge in [-0.2, -0.15) is 0 Å². The third-order valence-electron chi connectivity index (χ3n) is 4.59. The van der Waals surface area contributed by atoms with Gasteiger partial charge in [0.1, 0.15) is 12.4 Å². The van der Waals surface area contributed by atoms with Crippen molar-refractivity contribution in [3.63, 3.8) is 0 Å². The summed E-state index contributed by atoms with van der Waals surface area (Å²) in [5, 5.41) is 2.62. The molecule has 0 bridgehead atoms. The third kappa shape index (κ3) is 4.63. The minimum atomic E-state index is -3.97. The van der Waals surface area contributed by atoms with E-state index < -0.39 is 28.3 Å². The molecule has 1 amide bonds. The summed E-state index contributed by atoms with van der Waals surface area (Å²) in [7, 11) is -3.97. The average Bonchev–Trinajstić information content (AvgIpc) is 2.71. The molecule has 0 unspecified atom stereocenters. The Hall–Kier alpha value is -3.19. The first-order valence-electron chi connectivity index (χ1n) is 8.98. The van der Waals surface area contributed by atoms with Gasteiger partial charge in [0.15, 0.2) is 0 Å². The van der Waals surface area contributed by atoms with Crippen LogP contribution in [0.2, 0.25) is 0 Å². The predicted molar refractivity (Wildman–Crippen MR) is 112 cm³/mol. The van der Waals surface area contributed by atoms with E-state index in [1.54, 1.807) is 30.3 Å². The lowest BCUT2D eigenvalue weighted by molar-refractivity contribution is -0.114. The van der Waals surface area contributed by atoms with Gasteiger partial charge in [-0.15, -0.1) is 0 Å². The normalized spacial score (nSPS) is 11.1. The molecular formula is C22H21FN2O3S. The molecule has 0 aliphatic rings. The predicted octanol–water partition coefficient (Wildman–Crippen LogP) is 4.28. The maximum absolute atomic E-state index is 13.3. The van der Waals surface area contributed by atoms with Crippen LogP contribution in [0.1, 0.15) is 11.1 Å². The molecule has 3 aromatic carbocycles. The Morgan fingerprint density at radius 2 is 1.59 bits per heavy atom. The fourth-order valence-corrected chi connectivity index (χ4v) is 4.39. The van der Waals surface area contributed by atoms with Crippen molar-refractivity contribution in [1.29, 1.82) is 0 Å². The van der Waals surface area contributed by atoms with Crippen LogP contribution in [-0.4, -0.2) is 20.9 Å². The number of carbonyl (C=O) groups is 1. The first-order valence-corrected chi connectivity index (χ1v) is 10.4. The summed E-state index contributed by atoms with van der Waals surface area (Å²) in [5.74, 6) is -0.955. The number of aryl methyl sites for hydroxylation is 1. The molecule has 0 aliphatic carbocycles. The summed E-state index contributed by atoms with van der Waals surface area (Å²) in [6, 6.07) is 18.6. The molecular weight excluding hydrogens is 391 g/mol. The summed E-state index contributed by atoms with van der Waals surface area (Å²) in [6.45, 7) is 3.28. The van der Waals surface area contributed by atoms with Crippen LogP contribution in [0, 0.1) is 19.7 Å². The summed E-state index contributed by atoms with van der Waals surface area (Å²) >= 11 is 0. The Kier molecular flexibility index (Phi) is 5.98. The van der Waals surface area contributed by atoms with Crippen LogP contribution in [0.25, 0.3) is 0 Å². The number of hydrogen-bond acceptors (Lipinski definition) is 3. The van der Waals surface area contributed by atoms with Crippen LogP contribution in [0.3, 0.4) is 0 Å². The van der Waals surface area contributed by atoms with E-state index in [9.17, 15) is 17.6 Å². The first kappa shape index (κ1) is 20.5. The fourth-order valence-electron chi connectivity index (χ4n) is 2.89. The number of sulfonamides is 1. The number of benzene rings is 3. The maximum atomic E-state index is 13.3. The zero-order valence-electron chi connectivity index (χ0n) is 16.1. The number of halogens is 1. The smallest absolute Gasteiger partial charge is 0.264 e. The first-order chi connectivity index (χ1) is 13.8. The number of carbonyl (C=O) groups excluding carboxylic acids is 1. The molecule has 0 aliphatic heterocycles. The largest absolute Gasteiger partial charge is 0.325 e. The number of rotatable bonds is 6. The molecule has 150 valence electrons. The Labute approximate surface area is 169 Å². The topological polar surface area (TPSA) is 66.5 Å². The Bertz CT molecular complexity index is 1110. The molecule has 0 saturated carbocycles. The second-order valence-electron chi connectivity index (χ2n) is 6.60. The van der Waals surface area contributed by atoms with Crippen LogP contribution >= 0.6 is 0 Å². The highest BCUT2D eigenvalue weighted by Gasteiger charge is 2.28. The van der Waals surface area contributed by atoms with Crippen molar-refractivity contribution in [2.75, 3.05) is 16.2 Å². The lowest BCUT2D eigenvalue weighted by Gasteiger charge is -2.26. The molecule has 1 N–H and O–H groups in total. The van der Waals surface area contributed by atoms with Crippen molar-refractivity contribution in [3.05, 3.63) is 89.7 Å². The SMILES string of the molecule is Cc1cccc(N(CC(=O)Nc2ccc(F)cc2)S(=O)(=O)c2ccccc2)c1C. The second-order valence-corrected chi connectivity index (χ2v) is 8.46. The molecule has 0 fully saturated rings. The lowest BCUT2D eigenvalue weighted by atomic mass is 10.1. The zero-order valence-corrected chi connectivity index (χ0v) is 16.9. The highest BCUT2D eigenvalue weighted by Crippen LogP contribution is 2.28. The third-order valence-corrected chi connectivity index (χ3v) is 6.37. The molecule has 5 nitrogen and oxygen atoms in total. The number of hydrogen-bond donors (Lipinski definition) is 1. The molecule has 0 spiro atoms. The van der Waals surface area contributed by atoms with Crippen LogP contribution in [0.5, 0.6) is 0 Å². The van der Waals surface area contributed by atoms with E-state index >= 15 is 0 Å². The van der Waals surface area contributed by atoms with Gasteiger partial charge in [0.25, 0.3) is 10.0 Å². The molecule has 0 radical (unpaired) electrons. The van der Waals surface area contributed by atoms with Gasteiger partial charge in [-0.3, -0.25) is 9.10 Å². The van der Waals surface area contributed by atoms with E-state index in [1.807, 2.05) is 19.9 Å². The lowest BCUT2D eigenvalue weighted by Crippen LogP contribution is -2.38. The van der Waals surface area contributed by atoms with E-state index in [1.165, 1.54) is 36.4 Å². The monoisotopic (exact) mass is 412 g/mol. The van der Waals surface area contributed by atoms with Crippen molar-refractivity contribution in [2.45, 2.75) is 18.7 Å². The summed E-state index contributed by atoms with van der Waals surface area (Å²) in [5.41, 5.74) is 2.49. The number of anilines is 2. The van der Waals surface area contributed by atoms with E-state index in [0.29, 0.717) is 11.4 Å². The molecule has 7 heteroatoms. The molecule has 0 heterocycles. The highest BCUT2D eigenvalue weighted by molar-refractivity contribution is 7.92. The molecule has 0 aromatic heterocycles. The average molecular weight is 412 g/mol. The van der Waals surface area contributed by atoms with Gasteiger partial charge in [-0.05, 0) is 67.4 Å². The van der Waals surface area contributed by atoms with E-state index in [4.69, 9.17) is 0 Å². The number of nitrogens with one attached hydrogen (secondary N) is 1. The highest BCUT2D eigenvalue weighted by atomic mass is 32.2. The Balaban J connectivity index is 1.98. The van der Waals surface area contributed by atoms with Crippen molar-refractivity contribution in [2.24, 2.45) is 0 Å². The molecule has 3 rings (SSSR count). The number of amides is 1. The second kappa shape index (κ2) is 8.45.